The minimum absolute atomic E-state index is 0.173. The molecule has 2 aromatic rings. The Morgan fingerprint density at radius 2 is 2.29 bits per heavy atom. The van der Waals surface area contributed by atoms with Gasteiger partial charge < -0.3 is 15.6 Å². The van der Waals surface area contributed by atoms with E-state index in [0.29, 0.717) is 15.7 Å². The van der Waals surface area contributed by atoms with E-state index in [1.54, 1.807) is 13.3 Å². The second kappa shape index (κ2) is 6.94. The van der Waals surface area contributed by atoms with E-state index in [1.807, 2.05) is 11.5 Å². The van der Waals surface area contributed by atoms with Gasteiger partial charge in [-0.3, -0.25) is 9.59 Å². The molecule has 0 unspecified atom stereocenters. The molecule has 0 saturated carbocycles. The fraction of sp³-hybridized carbons (Fsp3) is 0.467. The first-order valence-corrected chi connectivity index (χ1v) is 9.50. The van der Waals surface area contributed by atoms with Gasteiger partial charge in [-0.05, 0) is 38.7 Å². The van der Waals surface area contributed by atoms with E-state index in [0.717, 1.165) is 36.2 Å². The summed E-state index contributed by atoms with van der Waals surface area (Å²) in [5.74, 6) is -0.649. The zero-order valence-corrected chi connectivity index (χ0v) is 15.2. The number of hydrogen-bond donors (Lipinski definition) is 2. The van der Waals surface area contributed by atoms with Gasteiger partial charge in [-0.15, -0.1) is 21.5 Å². The number of hydrogen-bond acceptors (Lipinski definition) is 6. The number of carbonyl (C=O) groups excluding carboxylic acids is 2. The third-order valence-electron chi connectivity index (χ3n) is 3.98. The highest BCUT2D eigenvalue weighted by Crippen LogP contribution is 2.39. The Hall–Kier alpha value is -1.87. The van der Waals surface area contributed by atoms with Crippen LogP contribution in [-0.4, -0.2) is 31.8 Å². The Balaban J connectivity index is 1.74. The third-order valence-corrected chi connectivity index (χ3v) is 6.28. The minimum atomic E-state index is -0.476. The lowest BCUT2D eigenvalue weighted by Crippen LogP contribution is -2.24. The van der Waals surface area contributed by atoms with Gasteiger partial charge in [0.2, 0.25) is 5.91 Å². The van der Waals surface area contributed by atoms with Crippen LogP contribution in [0.5, 0.6) is 0 Å². The maximum atomic E-state index is 12.5. The zero-order chi connectivity index (χ0) is 17.3. The molecule has 2 aromatic heterocycles. The number of amides is 2. The number of primary amides is 1. The van der Waals surface area contributed by atoms with Crippen LogP contribution in [0.15, 0.2) is 11.5 Å². The molecule has 0 saturated heterocycles. The highest BCUT2D eigenvalue weighted by Gasteiger charge is 2.27. The fourth-order valence-electron chi connectivity index (χ4n) is 2.73. The smallest absolute Gasteiger partial charge is 0.251 e. The van der Waals surface area contributed by atoms with Crippen molar-refractivity contribution in [1.82, 2.24) is 14.8 Å². The molecule has 24 heavy (non-hydrogen) atoms. The molecule has 2 heterocycles. The molecule has 1 aliphatic carbocycles. The van der Waals surface area contributed by atoms with Crippen LogP contribution in [0.3, 0.4) is 0 Å². The molecule has 0 spiro atoms. The van der Waals surface area contributed by atoms with E-state index < -0.39 is 5.91 Å². The maximum Gasteiger partial charge on any atom is 0.251 e. The van der Waals surface area contributed by atoms with Crippen LogP contribution in [-0.2, 0) is 24.2 Å². The maximum absolute atomic E-state index is 12.5. The van der Waals surface area contributed by atoms with Crippen molar-refractivity contribution in [3.8, 4) is 0 Å². The molecule has 128 valence electrons. The summed E-state index contributed by atoms with van der Waals surface area (Å²) < 4.78 is 1.88. The van der Waals surface area contributed by atoms with Crippen LogP contribution >= 0.6 is 23.1 Å². The highest BCUT2D eigenvalue weighted by atomic mass is 32.2. The van der Waals surface area contributed by atoms with Crippen molar-refractivity contribution in [2.24, 2.45) is 5.73 Å². The van der Waals surface area contributed by atoms with Crippen molar-refractivity contribution >= 4 is 39.9 Å². The predicted octanol–water partition coefficient (Wildman–Crippen LogP) is 2.07. The summed E-state index contributed by atoms with van der Waals surface area (Å²) in [7, 11) is 0. The molecule has 0 fully saturated rings. The topological polar surface area (TPSA) is 103 Å². The Bertz CT molecular complexity index is 783. The van der Waals surface area contributed by atoms with Crippen LogP contribution in [0.4, 0.5) is 5.00 Å². The van der Waals surface area contributed by atoms with Gasteiger partial charge in [0.05, 0.1) is 10.8 Å². The highest BCUT2D eigenvalue weighted by molar-refractivity contribution is 8.00. The SMILES string of the molecule is CCn1cnnc1S[C@H](C)C(=O)Nc1sc2c(c1C(N)=O)CCC2. The lowest BCUT2D eigenvalue weighted by molar-refractivity contribution is -0.115. The normalized spacial score (nSPS) is 14.4. The Kier molecular flexibility index (Phi) is 4.91. The van der Waals surface area contributed by atoms with Crippen LogP contribution in [0.1, 0.15) is 41.1 Å². The van der Waals surface area contributed by atoms with E-state index in [2.05, 4.69) is 15.5 Å². The number of nitrogens with two attached hydrogens (primary N) is 1. The standard InChI is InChI=1S/C15H19N5O2S2/c1-3-20-7-17-19-15(20)23-8(2)13(22)18-14-11(12(16)21)9-5-4-6-10(9)24-14/h7-8H,3-6H2,1-2H3,(H2,16,21)(H,18,22)/t8-/m1/s1. The molecule has 2 amide bonds. The average Bonchev–Trinajstić information content (AvgIpc) is 3.21. The molecule has 0 aromatic carbocycles. The van der Waals surface area contributed by atoms with Crippen molar-refractivity contribution < 1.29 is 9.59 Å². The van der Waals surface area contributed by atoms with Gasteiger partial charge in [0.25, 0.3) is 5.91 Å². The molecule has 0 bridgehead atoms. The lowest BCUT2D eigenvalue weighted by atomic mass is 10.1. The van der Waals surface area contributed by atoms with Gasteiger partial charge in [-0.25, -0.2) is 0 Å². The monoisotopic (exact) mass is 365 g/mol. The molecule has 1 atom stereocenters. The number of aryl methyl sites for hydroxylation is 2. The minimum Gasteiger partial charge on any atom is -0.365 e. The quantitative estimate of drug-likeness (QED) is 0.763. The number of rotatable bonds is 6. The Labute approximate surface area is 148 Å². The summed E-state index contributed by atoms with van der Waals surface area (Å²) >= 11 is 2.80. The van der Waals surface area contributed by atoms with Gasteiger partial charge in [0.15, 0.2) is 5.16 Å². The van der Waals surface area contributed by atoms with E-state index in [-0.39, 0.29) is 11.2 Å². The first-order chi connectivity index (χ1) is 11.5. The van der Waals surface area contributed by atoms with Crippen molar-refractivity contribution in [2.75, 3.05) is 5.32 Å². The summed E-state index contributed by atoms with van der Waals surface area (Å²) in [4.78, 5) is 25.4. The van der Waals surface area contributed by atoms with Gasteiger partial charge in [-0.2, -0.15) is 0 Å². The van der Waals surface area contributed by atoms with Gasteiger partial charge >= 0.3 is 0 Å². The number of aromatic nitrogens is 3. The number of thioether (sulfide) groups is 1. The zero-order valence-electron chi connectivity index (χ0n) is 13.5. The molecule has 0 radical (unpaired) electrons. The van der Waals surface area contributed by atoms with Crippen LogP contribution < -0.4 is 11.1 Å². The number of anilines is 1. The third kappa shape index (κ3) is 3.18. The molecule has 0 aliphatic heterocycles. The fourth-order valence-corrected chi connectivity index (χ4v) is 4.92. The predicted molar refractivity (Wildman–Crippen MR) is 94.5 cm³/mol. The van der Waals surface area contributed by atoms with Crippen molar-refractivity contribution in [3.63, 3.8) is 0 Å². The molecule has 9 heteroatoms. The van der Waals surface area contributed by atoms with Crippen molar-refractivity contribution in [2.45, 2.75) is 50.1 Å². The van der Waals surface area contributed by atoms with Crippen LogP contribution in [0.25, 0.3) is 0 Å². The second-order valence-corrected chi connectivity index (χ2v) is 7.99. The first-order valence-electron chi connectivity index (χ1n) is 7.81. The van der Waals surface area contributed by atoms with Crippen LogP contribution in [0.2, 0.25) is 0 Å². The number of nitrogens with zero attached hydrogens (tertiary/aromatic N) is 3. The largest absolute Gasteiger partial charge is 0.365 e. The summed E-state index contributed by atoms with van der Waals surface area (Å²) in [6.45, 7) is 4.54. The number of fused-ring (bicyclic) bond motifs is 1. The van der Waals surface area contributed by atoms with Crippen molar-refractivity contribution in [1.29, 1.82) is 0 Å². The van der Waals surface area contributed by atoms with Gasteiger partial charge in [-0.1, -0.05) is 11.8 Å². The molecular formula is C15H19N5O2S2. The second-order valence-electron chi connectivity index (χ2n) is 5.57. The Morgan fingerprint density at radius 1 is 1.50 bits per heavy atom. The molecule has 3 N–H and O–H groups in total. The number of thiophene rings is 1. The summed E-state index contributed by atoms with van der Waals surface area (Å²) in [5.41, 5.74) is 7.01. The first kappa shape index (κ1) is 17.0. The van der Waals surface area contributed by atoms with Crippen LogP contribution in [0, 0.1) is 0 Å². The van der Waals surface area contributed by atoms with Gasteiger partial charge in [0, 0.05) is 11.4 Å². The molecular weight excluding hydrogens is 346 g/mol. The molecule has 3 rings (SSSR count). The molecule has 1 aliphatic rings. The Morgan fingerprint density at radius 3 is 3.00 bits per heavy atom. The van der Waals surface area contributed by atoms with E-state index in [9.17, 15) is 9.59 Å². The summed E-state index contributed by atoms with van der Waals surface area (Å²) in [6.07, 6.45) is 4.47. The van der Waals surface area contributed by atoms with Crippen molar-refractivity contribution in [3.05, 3.63) is 22.3 Å². The van der Waals surface area contributed by atoms with E-state index in [1.165, 1.54) is 23.1 Å². The summed E-state index contributed by atoms with van der Waals surface area (Å²) in [6, 6.07) is 0. The number of nitrogens with one attached hydrogen (secondary N) is 1. The average molecular weight is 365 g/mol. The number of carbonyl (C=O) groups is 2. The van der Waals surface area contributed by atoms with E-state index >= 15 is 0 Å². The van der Waals surface area contributed by atoms with Gasteiger partial charge in [0.1, 0.15) is 11.3 Å². The lowest BCUT2D eigenvalue weighted by Gasteiger charge is -2.12. The summed E-state index contributed by atoms with van der Waals surface area (Å²) in [5, 5.41) is 11.7. The van der Waals surface area contributed by atoms with E-state index in [4.69, 9.17) is 5.73 Å². The molecule has 7 nitrogen and oxygen atoms in total.